The predicted octanol–water partition coefficient (Wildman–Crippen LogP) is 2.85. The first-order valence-electron chi connectivity index (χ1n) is 3.62. The highest BCUT2D eigenvalue weighted by Crippen LogP contribution is 2.30. The van der Waals surface area contributed by atoms with E-state index in [2.05, 4.69) is 32.8 Å². The number of rotatable bonds is 0. The molecule has 1 aromatic heterocycles. The minimum Gasteiger partial charge on any atom is -0.247 e. The summed E-state index contributed by atoms with van der Waals surface area (Å²) in [5.74, 6) is 4.82. The van der Waals surface area contributed by atoms with E-state index in [1.54, 1.807) is 0 Å². The standard InChI is InChI=1S/C9H5BrF3N/c10-5-1-4-8-7(9(11,12)13)3-2-6-14-8/h2-3,6H,5H2. The van der Waals surface area contributed by atoms with Crippen molar-refractivity contribution in [2.24, 2.45) is 0 Å². The van der Waals surface area contributed by atoms with Crippen molar-refractivity contribution in [3.63, 3.8) is 0 Å². The molecule has 0 aliphatic heterocycles. The molecule has 0 saturated carbocycles. The Morgan fingerprint density at radius 3 is 2.71 bits per heavy atom. The predicted molar refractivity (Wildman–Crippen MR) is 49.9 cm³/mol. The molecule has 1 heterocycles. The van der Waals surface area contributed by atoms with Gasteiger partial charge in [0.05, 0.1) is 10.9 Å². The smallest absolute Gasteiger partial charge is 0.247 e. The summed E-state index contributed by atoms with van der Waals surface area (Å²) < 4.78 is 37.1. The van der Waals surface area contributed by atoms with E-state index in [1.807, 2.05) is 0 Å². The van der Waals surface area contributed by atoms with Crippen LogP contribution in [0.25, 0.3) is 0 Å². The molecule has 0 bridgehead atoms. The van der Waals surface area contributed by atoms with Gasteiger partial charge in [-0.15, -0.1) is 0 Å². The summed E-state index contributed by atoms with van der Waals surface area (Å²) in [5, 5.41) is 0.320. The molecule has 1 aromatic rings. The number of hydrogen-bond acceptors (Lipinski definition) is 1. The van der Waals surface area contributed by atoms with Gasteiger partial charge in [-0.1, -0.05) is 21.9 Å². The van der Waals surface area contributed by atoms with Gasteiger partial charge in [-0.05, 0) is 18.1 Å². The molecule has 0 N–H and O–H groups in total. The molecule has 0 spiro atoms. The number of aromatic nitrogens is 1. The Labute approximate surface area is 87.5 Å². The van der Waals surface area contributed by atoms with Crippen molar-refractivity contribution in [1.29, 1.82) is 0 Å². The SMILES string of the molecule is FC(F)(F)c1cccnc1C#CCBr. The summed E-state index contributed by atoms with van der Waals surface area (Å²) in [7, 11) is 0. The molecule has 0 saturated heterocycles. The third-order valence-electron chi connectivity index (χ3n) is 1.39. The van der Waals surface area contributed by atoms with Crippen LogP contribution < -0.4 is 0 Å². The number of pyridine rings is 1. The van der Waals surface area contributed by atoms with Crippen LogP contribution in [0.5, 0.6) is 0 Å². The van der Waals surface area contributed by atoms with Crippen LogP contribution in [0, 0.1) is 11.8 Å². The third kappa shape index (κ3) is 2.74. The molecule has 14 heavy (non-hydrogen) atoms. The maximum atomic E-state index is 12.4. The first-order chi connectivity index (χ1) is 6.55. The van der Waals surface area contributed by atoms with E-state index in [0.717, 1.165) is 6.07 Å². The van der Waals surface area contributed by atoms with Gasteiger partial charge < -0.3 is 0 Å². The Kier molecular flexibility index (Phi) is 3.53. The Morgan fingerprint density at radius 1 is 1.43 bits per heavy atom. The summed E-state index contributed by atoms with van der Waals surface area (Å²) in [5.41, 5.74) is -1.03. The van der Waals surface area contributed by atoms with Gasteiger partial charge in [0.25, 0.3) is 0 Å². The summed E-state index contributed by atoms with van der Waals surface area (Å²) in [6, 6.07) is 2.20. The van der Waals surface area contributed by atoms with Gasteiger partial charge in [0, 0.05) is 6.20 Å². The Bertz CT molecular complexity index is 376. The molecule has 0 aromatic carbocycles. The summed E-state index contributed by atoms with van der Waals surface area (Å²) in [6.45, 7) is 0. The molecule has 1 nitrogen and oxygen atoms in total. The zero-order valence-electron chi connectivity index (χ0n) is 6.90. The van der Waals surface area contributed by atoms with Crippen molar-refractivity contribution in [3.05, 3.63) is 29.6 Å². The van der Waals surface area contributed by atoms with Gasteiger partial charge >= 0.3 is 6.18 Å². The molecular formula is C9H5BrF3N. The van der Waals surface area contributed by atoms with Gasteiger partial charge in [-0.2, -0.15) is 13.2 Å². The van der Waals surface area contributed by atoms with E-state index in [1.165, 1.54) is 12.3 Å². The largest absolute Gasteiger partial charge is 0.419 e. The normalized spacial score (nSPS) is 10.6. The van der Waals surface area contributed by atoms with Crippen molar-refractivity contribution >= 4 is 15.9 Å². The van der Waals surface area contributed by atoms with Crippen LogP contribution in [0.4, 0.5) is 13.2 Å². The number of hydrogen-bond donors (Lipinski definition) is 0. The summed E-state index contributed by atoms with van der Waals surface area (Å²) >= 11 is 3.00. The minimum absolute atomic E-state index is 0.237. The molecule has 74 valence electrons. The fourth-order valence-electron chi connectivity index (χ4n) is 0.851. The second kappa shape index (κ2) is 4.47. The van der Waals surface area contributed by atoms with Gasteiger partial charge in [0.1, 0.15) is 5.69 Å². The average molecular weight is 264 g/mol. The fraction of sp³-hybridized carbons (Fsp3) is 0.222. The second-order valence-electron chi connectivity index (χ2n) is 2.33. The fourth-order valence-corrected chi connectivity index (χ4v) is 0.991. The molecule has 0 unspecified atom stereocenters. The summed E-state index contributed by atoms with van der Waals surface area (Å²) in [6.07, 6.45) is -3.11. The van der Waals surface area contributed by atoms with Crippen LogP contribution in [-0.2, 0) is 6.18 Å². The highest BCUT2D eigenvalue weighted by molar-refractivity contribution is 9.09. The maximum absolute atomic E-state index is 12.4. The van der Waals surface area contributed by atoms with E-state index in [9.17, 15) is 13.2 Å². The zero-order chi connectivity index (χ0) is 10.6. The number of halogens is 4. The van der Waals surface area contributed by atoms with Crippen LogP contribution in [0.2, 0.25) is 0 Å². The maximum Gasteiger partial charge on any atom is 0.419 e. The van der Waals surface area contributed by atoms with Gasteiger partial charge in [-0.25, -0.2) is 4.98 Å². The zero-order valence-corrected chi connectivity index (χ0v) is 8.48. The third-order valence-corrected chi connectivity index (χ3v) is 1.67. The highest BCUT2D eigenvalue weighted by atomic mass is 79.9. The minimum atomic E-state index is -4.40. The van der Waals surface area contributed by atoms with E-state index < -0.39 is 11.7 Å². The lowest BCUT2D eigenvalue weighted by Gasteiger charge is -2.06. The van der Waals surface area contributed by atoms with E-state index in [4.69, 9.17) is 0 Å². The molecule has 5 heteroatoms. The van der Waals surface area contributed by atoms with Crippen LogP contribution in [0.3, 0.4) is 0 Å². The van der Waals surface area contributed by atoms with Crippen molar-refractivity contribution in [1.82, 2.24) is 4.98 Å². The highest BCUT2D eigenvalue weighted by Gasteiger charge is 2.33. The average Bonchev–Trinajstić information content (AvgIpc) is 2.14. The first kappa shape index (κ1) is 11.1. The monoisotopic (exact) mass is 263 g/mol. The number of nitrogens with zero attached hydrogens (tertiary/aromatic N) is 1. The summed E-state index contributed by atoms with van der Waals surface area (Å²) in [4.78, 5) is 3.57. The molecule has 0 radical (unpaired) electrons. The second-order valence-corrected chi connectivity index (χ2v) is 2.89. The van der Waals surface area contributed by atoms with Crippen LogP contribution >= 0.6 is 15.9 Å². The van der Waals surface area contributed by atoms with Crippen molar-refractivity contribution in [3.8, 4) is 11.8 Å². The Balaban J connectivity index is 3.16. The van der Waals surface area contributed by atoms with Gasteiger partial charge in [-0.3, -0.25) is 0 Å². The molecule has 0 aliphatic rings. The van der Waals surface area contributed by atoms with Crippen LogP contribution in [-0.4, -0.2) is 10.3 Å². The van der Waals surface area contributed by atoms with E-state index in [-0.39, 0.29) is 5.69 Å². The molecule has 0 aliphatic carbocycles. The first-order valence-corrected chi connectivity index (χ1v) is 4.75. The lowest BCUT2D eigenvalue weighted by atomic mass is 10.2. The van der Waals surface area contributed by atoms with Crippen LogP contribution in [0.15, 0.2) is 18.3 Å². The Morgan fingerprint density at radius 2 is 2.14 bits per heavy atom. The molecule has 0 amide bonds. The topological polar surface area (TPSA) is 12.9 Å². The number of alkyl halides is 4. The molecule has 0 atom stereocenters. The lowest BCUT2D eigenvalue weighted by Crippen LogP contribution is -2.08. The molecule has 0 fully saturated rings. The van der Waals surface area contributed by atoms with Gasteiger partial charge in [0.2, 0.25) is 0 Å². The van der Waals surface area contributed by atoms with Gasteiger partial charge in [0.15, 0.2) is 0 Å². The van der Waals surface area contributed by atoms with E-state index >= 15 is 0 Å². The quantitative estimate of drug-likeness (QED) is 0.518. The van der Waals surface area contributed by atoms with Crippen molar-refractivity contribution in [2.45, 2.75) is 6.18 Å². The molecular weight excluding hydrogens is 259 g/mol. The lowest BCUT2D eigenvalue weighted by molar-refractivity contribution is -0.138. The van der Waals surface area contributed by atoms with Crippen molar-refractivity contribution in [2.75, 3.05) is 5.33 Å². The Hall–Kier alpha value is -1.02. The van der Waals surface area contributed by atoms with E-state index in [0.29, 0.717) is 5.33 Å². The van der Waals surface area contributed by atoms with Crippen LogP contribution in [0.1, 0.15) is 11.3 Å². The molecule has 1 rings (SSSR count). The van der Waals surface area contributed by atoms with Crippen molar-refractivity contribution < 1.29 is 13.2 Å².